The van der Waals surface area contributed by atoms with E-state index in [4.69, 9.17) is 0 Å². The van der Waals surface area contributed by atoms with Crippen molar-refractivity contribution in [1.82, 2.24) is 0 Å². The van der Waals surface area contributed by atoms with Crippen molar-refractivity contribution in [2.45, 2.75) is 0 Å². The van der Waals surface area contributed by atoms with E-state index in [2.05, 4.69) is 65.1 Å². The van der Waals surface area contributed by atoms with Gasteiger partial charge in [-0.05, 0) is 39.4 Å². The van der Waals surface area contributed by atoms with E-state index in [1.165, 1.54) is 14.3 Å². The second-order valence-electron chi connectivity index (χ2n) is 2.46. The Morgan fingerprint density at radius 2 is 1.50 bits per heavy atom. The van der Waals surface area contributed by atoms with E-state index in [0.29, 0.717) is 0 Å². The fourth-order valence-electron chi connectivity index (χ4n) is 1.19. The molecule has 0 saturated heterocycles. The lowest BCUT2D eigenvalue weighted by Gasteiger charge is -1.97. The van der Waals surface area contributed by atoms with Gasteiger partial charge in [-0.1, -0.05) is 36.4 Å². The van der Waals surface area contributed by atoms with Crippen LogP contribution in [0, 0.1) is 3.57 Å². The predicted molar refractivity (Wildman–Crippen MR) is 62.4 cm³/mol. The van der Waals surface area contributed by atoms with Gasteiger partial charge in [0, 0.05) is 14.5 Å². The zero-order valence-electron chi connectivity index (χ0n) is 6.42. The van der Waals surface area contributed by atoms with Crippen LogP contribution in [0.1, 0.15) is 0 Å². The molecular weight excluding hydrogens is 275 g/mol. The number of hydrogen-bond acceptors (Lipinski definition) is 0. The normalized spacial score (nSPS) is 9.42. The summed E-state index contributed by atoms with van der Waals surface area (Å²) in [4.78, 5) is 0. The number of halogens is 1. The number of hydrogen-bond donors (Lipinski definition) is 0. The third kappa shape index (κ3) is 1.69. The van der Waals surface area contributed by atoms with Crippen molar-refractivity contribution in [2.24, 2.45) is 0 Å². The Morgan fingerprint density at radius 1 is 0.833 bits per heavy atom. The summed E-state index contributed by atoms with van der Waals surface area (Å²) < 4.78 is 1.32. The Bertz CT molecular complexity index is 379. The number of rotatable bonds is 0. The largest absolute Gasteiger partial charge is 0.0616 e. The highest BCUT2D eigenvalue weighted by atomic mass is 127. The van der Waals surface area contributed by atoms with Crippen LogP contribution in [-0.4, -0.2) is 11.0 Å². The van der Waals surface area contributed by atoms with Crippen LogP contribution in [0.2, 0.25) is 0 Å². The first-order valence-electron chi connectivity index (χ1n) is 3.51. The third-order valence-corrected chi connectivity index (χ3v) is 2.68. The molecule has 0 amide bonds. The molecule has 0 N–H and O–H groups in total. The van der Waals surface area contributed by atoms with Gasteiger partial charge < -0.3 is 0 Å². The van der Waals surface area contributed by atoms with Gasteiger partial charge in [0.15, 0.2) is 0 Å². The molecule has 0 fully saturated rings. The van der Waals surface area contributed by atoms with Crippen LogP contribution in [0.3, 0.4) is 0 Å². The minimum absolute atomic E-state index is 0. The minimum Gasteiger partial charge on any atom is -0.0616 e. The van der Waals surface area contributed by atoms with Crippen molar-refractivity contribution in [1.29, 1.82) is 0 Å². The first-order chi connectivity index (χ1) is 5.38. The highest BCUT2D eigenvalue weighted by molar-refractivity contribution is 14.1. The van der Waals surface area contributed by atoms with Crippen molar-refractivity contribution in [3.8, 4) is 0 Å². The van der Waals surface area contributed by atoms with Gasteiger partial charge in [-0.15, -0.1) is 0 Å². The lowest BCUT2D eigenvalue weighted by Crippen LogP contribution is -1.74. The fraction of sp³-hybridized carbons (Fsp3) is 0. The van der Waals surface area contributed by atoms with E-state index >= 15 is 0 Å². The molecule has 0 aliphatic heterocycles. The maximum atomic E-state index is 2.36. The summed E-state index contributed by atoms with van der Waals surface area (Å²) in [7, 11) is 0. The molecule has 0 nitrogen and oxygen atoms in total. The topological polar surface area (TPSA) is 0 Å². The molecule has 0 saturated carbocycles. The Labute approximate surface area is 90.1 Å². The van der Waals surface area contributed by atoms with Crippen molar-refractivity contribution in [3.05, 3.63) is 46.0 Å². The van der Waals surface area contributed by atoms with Crippen LogP contribution >= 0.6 is 22.6 Å². The molecule has 0 aliphatic rings. The molecule has 0 bridgehead atoms. The molecule has 2 aromatic rings. The molecule has 58 valence electrons. The van der Waals surface area contributed by atoms with Crippen molar-refractivity contribution in [2.75, 3.05) is 0 Å². The molecule has 2 heteroatoms. The molecular formula is C10H7ISi. The van der Waals surface area contributed by atoms with Gasteiger partial charge in [-0.2, -0.15) is 0 Å². The average Bonchev–Trinajstić information content (AvgIpc) is 2.06. The summed E-state index contributed by atoms with van der Waals surface area (Å²) in [6.07, 6.45) is 0. The molecule has 0 spiro atoms. The summed E-state index contributed by atoms with van der Waals surface area (Å²) >= 11 is 2.36. The van der Waals surface area contributed by atoms with Gasteiger partial charge >= 0.3 is 0 Å². The van der Waals surface area contributed by atoms with Crippen LogP contribution in [-0.2, 0) is 0 Å². The Balaban J connectivity index is 0.000000720. The summed E-state index contributed by atoms with van der Waals surface area (Å²) in [5.41, 5.74) is 0. The smallest absolute Gasteiger partial charge is 0.0208 e. The van der Waals surface area contributed by atoms with Crippen LogP contribution in [0.25, 0.3) is 10.8 Å². The quantitative estimate of drug-likeness (QED) is 0.514. The van der Waals surface area contributed by atoms with E-state index in [1.807, 2.05) is 0 Å². The first-order valence-corrected chi connectivity index (χ1v) is 4.59. The van der Waals surface area contributed by atoms with E-state index in [9.17, 15) is 0 Å². The van der Waals surface area contributed by atoms with Crippen molar-refractivity contribution in [3.63, 3.8) is 0 Å². The van der Waals surface area contributed by atoms with E-state index in [-0.39, 0.29) is 11.0 Å². The zero-order valence-corrected chi connectivity index (χ0v) is 9.58. The summed E-state index contributed by atoms with van der Waals surface area (Å²) in [5.74, 6) is 0. The lowest BCUT2D eigenvalue weighted by molar-refractivity contribution is 1.71. The number of benzene rings is 2. The minimum atomic E-state index is 0. The fourth-order valence-corrected chi connectivity index (χ4v) is 1.88. The molecule has 0 aromatic heterocycles. The molecule has 2 aromatic carbocycles. The predicted octanol–water partition coefficient (Wildman–Crippen LogP) is 3.06. The van der Waals surface area contributed by atoms with Gasteiger partial charge in [0.25, 0.3) is 0 Å². The summed E-state index contributed by atoms with van der Waals surface area (Å²) in [6, 6.07) is 14.8. The highest BCUT2D eigenvalue weighted by Gasteiger charge is 1.93. The second kappa shape index (κ2) is 4.05. The molecule has 0 heterocycles. The SMILES string of the molecule is Ic1cccc2ccccc12.[Si]. The molecule has 4 radical (unpaired) electrons. The summed E-state index contributed by atoms with van der Waals surface area (Å²) in [6.45, 7) is 0. The van der Waals surface area contributed by atoms with Crippen molar-refractivity contribution >= 4 is 44.3 Å². The van der Waals surface area contributed by atoms with Gasteiger partial charge in [-0.3, -0.25) is 0 Å². The maximum absolute atomic E-state index is 2.36. The van der Waals surface area contributed by atoms with Crippen molar-refractivity contribution < 1.29 is 0 Å². The Kier molecular flexibility index (Phi) is 3.28. The van der Waals surface area contributed by atoms with Crippen LogP contribution in [0.15, 0.2) is 42.5 Å². The Morgan fingerprint density at radius 3 is 2.25 bits per heavy atom. The van der Waals surface area contributed by atoms with Crippen LogP contribution in [0.5, 0.6) is 0 Å². The standard InChI is InChI=1S/C10H7I.Si/c11-10-7-3-5-8-4-1-2-6-9(8)10;/h1-7H;. The second-order valence-corrected chi connectivity index (χ2v) is 3.62. The van der Waals surface area contributed by atoms with Gasteiger partial charge in [-0.25, -0.2) is 0 Å². The highest BCUT2D eigenvalue weighted by Crippen LogP contribution is 2.19. The molecule has 12 heavy (non-hydrogen) atoms. The zero-order chi connectivity index (χ0) is 7.68. The number of fused-ring (bicyclic) bond motifs is 1. The molecule has 2 rings (SSSR count). The third-order valence-electron chi connectivity index (χ3n) is 1.74. The van der Waals surface area contributed by atoms with Gasteiger partial charge in [0.05, 0.1) is 0 Å². The molecule has 0 aliphatic carbocycles. The van der Waals surface area contributed by atoms with Crippen LogP contribution in [0.4, 0.5) is 0 Å². The molecule has 0 atom stereocenters. The van der Waals surface area contributed by atoms with Crippen LogP contribution < -0.4 is 0 Å². The first kappa shape index (κ1) is 9.73. The van der Waals surface area contributed by atoms with Gasteiger partial charge in [0.2, 0.25) is 0 Å². The average molecular weight is 282 g/mol. The molecule has 0 unspecified atom stereocenters. The Hall–Kier alpha value is -0.353. The van der Waals surface area contributed by atoms with E-state index in [1.54, 1.807) is 0 Å². The van der Waals surface area contributed by atoms with E-state index in [0.717, 1.165) is 0 Å². The summed E-state index contributed by atoms with van der Waals surface area (Å²) in [5, 5.41) is 2.66. The monoisotopic (exact) mass is 282 g/mol. The van der Waals surface area contributed by atoms with Gasteiger partial charge in [0.1, 0.15) is 0 Å². The maximum Gasteiger partial charge on any atom is 0.0208 e. The lowest BCUT2D eigenvalue weighted by atomic mass is 10.1. The van der Waals surface area contributed by atoms with E-state index < -0.39 is 0 Å².